The van der Waals surface area contributed by atoms with Crippen LogP contribution in [-0.4, -0.2) is 26.2 Å². The summed E-state index contributed by atoms with van der Waals surface area (Å²) in [4.78, 5) is 25.0. The highest BCUT2D eigenvalue weighted by Gasteiger charge is 2.37. The van der Waals surface area contributed by atoms with Crippen molar-refractivity contribution in [2.75, 3.05) is 19.1 Å². The van der Waals surface area contributed by atoms with Crippen molar-refractivity contribution >= 4 is 17.6 Å². The molecule has 0 saturated heterocycles. The number of nitrogens with zero attached hydrogens (tertiary/aromatic N) is 1. The molecule has 26 heavy (non-hydrogen) atoms. The van der Waals surface area contributed by atoms with Crippen LogP contribution in [0, 0.1) is 5.82 Å². The first kappa shape index (κ1) is 19.2. The van der Waals surface area contributed by atoms with Crippen molar-refractivity contribution in [3.05, 3.63) is 65.3 Å². The molecule has 0 amide bonds. The van der Waals surface area contributed by atoms with Crippen molar-refractivity contribution in [3.63, 3.8) is 0 Å². The third kappa shape index (κ3) is 3.61. The van der Waals surface area contributed by atoms with E-state index in [-0.39, 0.29) is 5.57 Å². The molecule has 1 heterocycles. The van der Waals surface area contributed by atoms with E-state index in [0.29, 0.717) is 6.07 Å². The number of anilines is 1. The molecule has 138 valence electrons. The SMILES string of the molecule is COC(=O)C1=C(C(=O)OC)N(c2cccc(C(F)(F)F)c2F)C=CC=C1. The first-order valence-electron chi connectivity index (χ1n) is 7.13. The number of hydrogen-bond donors (Lipinski definition) is 0. The molecule has 0 fully saturated rings. The van der Waals surface area contributed by atoms with Gasteiger partial charge in [0, 0.05) is 6.20 Å². The molecule has 1 aliphatic rings. The van der Waals surface area contributed by atoms with E-state index < -0.39 is 40.9 Å². The predicted molar refractivity (Wildman–Crippen MR) is 83.2 cm³/mol. The summed E-state index contributed by atoms with van der Waals surface area (Å²) < 4.78 is 62.7. The third-order valence-corrected chi connectivity index (χ3v) is 3.43. The highest BCUT2D eigenvalue weighted by Crippen LogP contribution is 2.37. The maximum absolute atomic E-state index is 14.5. The Balaban J connectivity index is 2.74. The quantitative estimate of drug-likeness (QED) is 0.603. The van der Waals surface area contributed by atoms with Gasteiger partial charge in [-0.1, -0.05) is 12.1 Å². The Morgan fingerprint density at radius 3 is 2.27 bits per heavy atom. The third-order valence-electron chi connectivity index (χ3n) is 3.43. The van der Waals surface area contributed by atoms with Crippen LogP contribution in [-0.2, 0) is 25.2 Å². The number of methoxy groups -OCH3 is 2. The van der Waals surface area contributed by atoms with Crippen LogP contribution in [0.2, 0.25) is 0 Å². The number of esters is 2. The van der Waals surface area contributed by atoms with Crippen molar-refractivity contribution in [1.29, 1.82) is 0 Å². The number of benzene rings is 1. The molecule has 0 N–H and O–H groups in total. The fourth-order valence-corrected chi connectivity index (χ4v) is 2.28. The molecule has 5 nitrogen and oxygen atoms in total. The molecular formula is C17H13F4NO4. The Bertz CT molecular complexity index is 825. The second-order valence-electron chi connectivity index (χ2n) is 4.95. The zero-order chi connectivity index (χ0) is 19.5. The van der Waals surface area contributed by atoms with Crippen LogP contribution >= 0.6 is 0 Å². The molecular weight excluding hydrogens is 358 g/mol. The van der Waals surface area contributed by atoms with Gasteiger partial charge in [-0.3, -0.25) is 0 Å². The summed E-state index contributed by atoms with van der Waals surface area (Å²) in [5, 5.41) is 0. The maximum Gasteiger partial charge on any atom is 0.419 e. The number of allylic oxidation sites excluding steroid dienone is 2. The number of carbonyl (C=O) groups is 2. The molecule has 0 atom stereocenters. The van der Waals surface area contributed by atoms with Crippen molar-refractivity contribution in [2.45, 2.75) is 6.18 Å². The van der Waals surface area contributed by atoms with Crippen LogP contribution in [0.25, 0.3) is 0 Å². The van der Waals surface area contributed by atoms with Crippen LogP contribution < -0.4 is 4.90 Å². The molecule has 0 spiro atoms. The van der Waals surface area contributed by atoms with Gasteiger partial charge in [0.1, 0.15) is 5.70 Å². The number of alkyl halides is 3. The molecule has 0 bridgehead atoms. The summed E-state index contributed by atoms with van der Waals surface area (Å²) in [6.07, 6.45) is 0.0743. The van der Waals surface area contributed by atoms with E-state index in [9.17, 15) is 27.2 Å². The summed E-state index contributed by atoms with van der Waals surface area (Å²) in [6, 6.07) is 2.60. The smallest absolute Gasteiger partial charge is 0.419 e. The van der Waals surface area contributed by atoms with Gasteiger partial charge in [0.2, 0.25) is 0 Å². The second-order valence-corrected chi connectivity index (χ2v) is 4.95. The Labute approximate surface area is 145 Å². The minimum Gasteiger partial charge on any atom is -0.465 e. The van der Waals surface area contributed by atoms with Crippen molar-refractivity contribution in [2.24, 2.45) is 0 Å². The van der Waals surface area contributed by atoms with Gasteiger partial charge in [-0.15, -0.1) is 0 Å². The topological polar surface area (TPSA) is 55.8 Å². The lowest BCUT2D eigenvalue weighted by Gasteiger charge is -2.24. The molecule has 1 aromatic carbocycles. The van der Waals surface area contributed by atoms with Gasteiger partial charge in [0.25, 0.3) is 0 Å². The number of rotatable bonds is 3. The summed E-state index contributed by atoms with van der Waals surface area (Å²) in [5.41, 5.74) is -2.88. The van der Waals surface area contributed by atoms with Gasteiger partial charge in [-0.05, 0) is 24.3 Å². The number of halogens is 4. The predicted octanol–water partition coefficient (Wildman–Crippen LogP) is 3.33. The Kier molecular flexibility index (Phi) is 5.49. The molecule has 9 heteroatoms. The van der Waals surface area contributed by atoms with Gasteiger partial charge >= 0.3 is 18.1 Å². The zero-order valence-corrected chi connectivity index (χ0v) is 13.6. The van der Waals surface area contributed by atoms with Gasteiger partial charge in [-0.25, -0.2) is 14.0 Å². The Hall–Kier alpha value is -3.10. The number of carbonyl (C=O) groups excluding carboxylic acids is 2. The number of ether oxygens (including phenoxy) is 2. The van der Waals surface area contributed by atoms with Gasteiger partial charge < -0.3 is 14.4 Å². The molecule has 0 unspecified atom stereocenters. The average Bonchev–Trinajstić information content (AvgIpc) is 2.82. The van der Waals surface area contributed by atoms with Crippen LogP contribution in [0.15, 0.2) is 53.9 Å². The van der Waals surface area contributed by atoms with E-state index in [1.54, 1.807) is 0 Å². The lowest BCUT2D eigenvalue weighted by atomic mass is 10.1. The van der Waals surface area contributed by atoms with E-state index in [0.717, 1.165) is 37.5 Å². The molecule has 0 radical (unpaired) electrons. The van der Waals surface area contributed by atoms with Crippen LogP contribution in [0.5, 0.6) is 0 Å². The van der Waals surface area contributed by atoms with Crippen LogP contribution in [0.1, 0.15) is 5.56 Å². The number of hydrogen-bond acceptors (Lipinski definition) is 5. The zero-order valence-electron chi connectivity index (χ0n) is 13.6. The highest BCUT2D eigenvalue weighted by atomic mass is 19.4. The molecule has 0 aliphatic carbocycles. The monoisotopic (exact) mass is 371 g/mol. The average molecular weight is 371 g/mol. The van der Waals surface area contributed by atoms with E-state index >= 15 is 0 Å². The van der Waals surface area contributed by atoms with Crippen molar-refractivity contribution in [1.82, 2.24) is 0 Å². The van der Waals surface area contributed by atoms with Gasteiger partial charge in [0.05, 0.1) is 31.0 Å². The fraction of sp³-hybridized carbons (Fsp3) is 0.176. The van der Waals surface area contributed by atoms with E-state index in [2.05, 4.69) is 9.47 Å². The molecule has 1 aliphatic heterocycles. The largest absolute Gasteiger partial charge is 0.465 e. The Morgan fingerprint density at radius 1 is 1.04 bits per heavy atom. The highest BCUT2D eigenvalue weighted by molar-refractivity contribution is 6.05. The van der Waals surface area contributed by atoms with E-state index in [1.165, 1.54) is 18.2 Å². The first-order valence-corrected chi connectivity index (χ1v) is 7.13. The first-order chi connectivity index (χ1) is 12.2. The van der Waals surface area contributed by atoms with E-state index in [4.69, 9.17) is 0 Å². The minimum absolute atomic E-state index is 0.304. The molecule has 1 aromatic rings. The van der Waals surface area contributed by atoms with Crippen molar-refractivity contribution in [3.8, 4) is 0 Å². The van der Waals surface area contributed by atoms with Crippen molar-refractivity contribution < 1.29 is 36.6 Å². The summed E-state index contributed by atoms with van der Waals surface area (Å²) >= 11 is 0. The molecule has 0 saturated carbocycles. The van der Waals surface area contributed by atoms with E-state index in [1.807, 2.05) is 0 Å². The van der Waals surface area contributed by atoms with Gasteiger partial charge in [-0.2, -0.15) is 13.2 Å². The molecule has 2 rings (SSSR count). The standard InChI is InChI=1S/C17H13F4NO4/c1-25-15(23)10-6-3-4-9-22(14(10)16(24)26-2)12-8-5-7-11(13(12)18)17(19,20)21/h3-9H,1-2H3. The fourth-order valence-electron chi connectivity index (χ4n) is 2.28. The second kappa shape index (κ2) is 7.42. The van der Waals surface area contributed by atoms with Crippen LogP contribution in [0.4, 0.5) is 23.2 Å². The molecule has 0 aromatic heterocycles. The summed E-state index contributed by atoms with van der Waals surface area (Å²) in [7, 11) is 2.08. The van der Waals surface area contributed by atoms with Gasteiger partial charge in [0.15, 0.2) is 5.82 Å². The maximum atomic E-state index is 14.5. The Morgan fingerprint density at radius 2 is 1.69 bits per heavy atom. The van der Waals surface area contributed by atoms with Crippen LogP contribution in [0.3, 0.4) is 0 Å². The normalized spacial score (nSPS) is 14.3. The minimum atomic E-state index is -4.94. The lowest BCUT2D eigenvalue weighted by molar-refractivity contribution is -0.140. The summed E-state index contributed by atoms with van der Waals surface area (Å²) in [5.74, 6) is -3.60. The lowest BCUT2D eigenvalue weighted by Crippen LogP contribution is -2.28. The summed E-state index contributed by atoms with van der Waals surface area (Å²) in [6.45, 7) is 0.